The summed E-state index contributed by atoms with van der Waals surface area (Å²) < 4.78 is 8.03. The van der Waals surface area contributed by atoms with Crippen LogP contribution in [0.15, 0.2) is 18.9 Å². The van der Waals surface area contributed by atoms with E-state index in [1.807, 2.05) is 0 Å². The van der Waals surface area contributed by atoms with Crippen molar-refractivity contribution in [2.24, 2.45) is 0 Å². The van der Waals surface area contributed by atoms with Crippen LogP contribution in [0.5, 0.6) is 0 Å². The van der Waals surface area contributed by atoms with E-state index >= 15 is 0 Å². The molecule has 3 rings (SSSR count). The third-order valence-corrected chi connectivity index (χ3v) is 2.87. The van der Waals surface area contributed by atoms with Gasteiger partial charge < -0.3 is 9.30 Å². The fourth-order valence-electron chi connectivity index (χ4n) is 2.00. The molecule has 20 heavy (non-hydrogen) atoms. The zero-order valence-corrected chi connectivity index (χ0v) is 10.7. The molecule has 8 heteroatoms. The average Bonchev–Trinajstić information content (AvgIpc) is 3.02. The van der Waals surface area contributed by atoms with Crippen molar-refractivity contribution < 1.29 is 14.3 Å². The molecule has 0 aliphatic rings. The van der Waals surface area contributed by atoms with Crippen molar-refractivity contribution in [2.45, 2.75) is 13.5 Å². The smallest absolute Gasteiger partial charge is 0.326 e. The third kappa shape index (κ3) is 1.81. The topological polar surface area (TPSA) is 91.4 Å². The first-order valence-corrected chi connectivity index (χ1v) is 6.02. The minimum absolute atomic E-state index is 0.0365. The maximum Gasteiger partial charge on any atom is 0.326 e. The molecule has 0 unspecified atom stereocenters. The van der Waals surface area contributed by atoms with Gasteiger partial charge in [0.1, 0.15) is 18.6 Å². The lowest BCUT2D eigenvalue weighted by molar-refractivity contribution is -0.143. The molecule has 0 amide bonds. The molecular formula is C12H11N5O3. The molecule has 0 aliphatic heterocycles. The summed E-state index contributed by atoms with van der Waals surface area (Å²) in [5, 5.41) is 0. The van der Waals surface area contributed by atoms with Gasteiger partial charge >= 0.3 is 5.97 Å². The number of carbonyl (C=O) groups is 2. The van der Waals surface area contributed by atoms with Gasteiger partial charge in [-0.3, -0.25) is 14.0 Å². The number of hydrogen-bond donors (Lipinski definition) is 0. The van der Waals surface area contributed by atoms with Crippen molar-refractivity contribution in [3.05, 3.63) is 24.5 Å². The minimum atomic E-state index is -0.356. The summed E-state index contributed by atoms with van der Waals surface area (Å²) >= 11 is 0. The quantitative estimate of drug-likeness (QED) is 0.506. The van der Waals surface area contributed by atoms with Gasteiger partial charge in [-0.2, -0.15) is 0 Å². The fourth-order valence-corrected chi connectivity index (χ4v) is 2.00. The van der Waals surface area contributed by atoms with Crippen molar-refractivity contribution in [2.75, 3.05) is 6.61 Å². The molecule has 0 fully saturated rings. The molecule has 8 nitrogen and oxygen atoms in total. The van der Waals surface area contributed by atoms with Gasteiger partial charge in [0.2, 0.25) is 0 Å². The molecule has 0 radical (unpaired) electrons. The molecule has 0 N–H and O–H groups in total. The summed E-state index contributed by atoms with van der Waals surface area (Å²) in [5.74, 6) is -0.356. The van der Waals surface area contributed by atoms with Crippen LogP contribution in [0, 0.1) is 0 Å². The van der Waals surface area contributed by atoms with Gasteiger partial charge in [0.05, 0.1) is 19.1 Å². The SMILES string of the molecule is CCOC(=O)Cn1cnc2c1ncn1c(C=O)cnc21. The second-order valence-electron chi connectivity index (χ2n) is 4.09. The van der Waals surface area contributed by atoms with Crippen LogP contribution in [-0.4, -0.2) is 42.8 Å². The lowest BCUT2D eigenvalue weighted by atomic mass is 10.5. The van der Waals surface area contributed by atoms with E-state index in [0.717, 1.165) is 0 Å². The highest BCUT2D eigenvalue weighted by Crippen LogP contribution is 2.16. The number of carbonyl (C=O) groups excluding carboxylic acids is 2. The van der Waals surface area contributed by atoms with Gasteiger partial charge in [-0.1, -0.05) is 0 Å². The molecule has 0 aliphatic carbocycles. The zero-order valence-electron chi connectivity index (χ0n) is 10.7. The second kappa shape index (κ2) is 4.72. The van der Waals surface area contributed by atoms with Gasteiger partial charge in [-0.15, -0.1) is 0 Å². The van der Waals surface area contributed by atoms with E-state index in [9.17, 15) is 9.59 Å². The van der Waals surface area contributed by atoms with Crippen LogP contribution in [0.2, 0.25) is 0 Å². The first kappa shape index (κ1) is 12.3. The number of nitrogens with zero attached hydrogens (tertiary/aromatic N) is 5. The Morgan fingerprint density at radius 1 is 1.30 bits per heavy atom. The molecule has 0 bridgehead atoms. The molecule has 3 heterocycles. The number of imidazole rings is 2. The molecule has 0 atom stereocenters. The fraction of sp³-hybridized carbons (Fsp3) is 0.250. The van der Waals surface area contributed by atoms with Gasteiger partial charge in [0.15, 0.2) is 23.1 Å². The summed E-state index contributed by atoms with van der Waals surface area (Å²) in [6.07, 6.45) is 5.14. The van der Waals surface area contributed by atoms with Crippen LogP contribution < -0.4 is 0 Å². The van der Waals surface area contributed by atoms with E-state index in [2.05, 4.69) is 15.0 Å². The highest BCUT2D eigenvalue weighted by molar-refractivity contribution is 5.88. The average molecular weight is 273 g/mol. The Balaban J connectivity index is 2.09. The Kier molecular flexibility index (Phi) is 2.90. The number of esters is 1. The monoisotopic (exact) mass is 273 g/mol. The Morgan fingerprint density at radius 3 is 2.90 bits per heavy atom. The maximum atomic E-state index is 11.5. The predicted molar refractivity (Wildman–Crippen MR) is 68.3 cm³/mol. The Labute approximate surface area is 113 Å². The maximum absolute atomic E-state index is 11.5. The van der Waals surface area contributed by atoms with Crippen molar-refractivity contribution in [1.29, 1.82) is 0 Å². The number of hydrogen-bond acceptors (Lipinski definition) is 6. The van der Waals surface area contributed by atoms with Crippen LogP contribution in [0.25, 0.3) is 16.8 Å². The molecule has 0 saturated heterocycles. The molecule has 3 aromatic heterocycles. The number of ether oxygens (including phenoxy) is 1. The number of aromatic nitrogens is 5. The molecule has 102 valence electrons. The standard InChI is InChI=1S/C12H11N5O3/c1-2-20-9(19)4-16-6-14-10-11(16)15-7-17-8(5-18)3-13-12(10)17/h3,5-7H,2,4H2,1H3. The van der Waals surface area contributed by atoms with Crippen LogP contribution >= 0.6 is 0 Å². The van der Waals surface area contributed by atoms with Gasteiger partial charge in [0, 0.05) is 0 Å². The van der Waals surface area contributed by atoms with E-state index in [0.29, 0.717) is 35.4 Å². The van der Waals surface area contributed by atoms with Crippen LogP contribution in [0.1, 0.15) is 17.4 Å². The first-order chi connectivity index (χ1) is 9.74. The van der Waals surface area contributed by atoms with Crippen molar-refractivity contribution in [3.8, 4) is 0 Å². The predicted octanol–water partition coefficient (Wildman–Crippen LogP) is 0.455. The van der Waals surface area contributed by atoms with E-state index in [-0.39, 0.29) is 12.5 Å². The summed E-state index contributed by atoms with van der Waals surface area (Å²) in [6, 6.07) is 0. The minimum Gasteiger partial charge on any atom is -0.465 e. The van der Waals surface area contributed by atoms with Crippen LogP contribution in [-0.2, 0) is 16.1 Å². The molecule has 0 spiro atoms. The van der Waals surface area contributed by atoms with Crippen LogP contribution in [0.3, 0.4) is 0 Å². The van der Waals surface area contributed by atoms with E-state index in [1.165, 1.54) is 18.9 Å². The largest absolute Gasteiger partial charge is 0.465 e. The number of rotatable bonds is 4. The number of aldehydes is 1. The van der Waals surface area contributed by atoms with Gasteiger partial charge in [0.25, 0.3) is 0 Å². The molecule has 0 saturated carbocycles. The molecule has 3 aromatic rings. The van der Waals surface area contributed by atoms with Crippen molar-refractivity contribution in [1.82, 2.24) is 23.9 Å². The lowest BCUT2D eigenvalue weighted by Gasteiger charge is -2.03. The summed E-state index contributed by atoms with van der Waals surface area (Å²) in [4.78, 5) is 34.9. The van der Waals surface area contributed by atoms with E-state index in [1.54, 1.807) is 15.9 Å². The van der Waals surface area contributed by atoms with E-state index < -0.39 is 0 Å². The van der Waals surface area contributed by atoms with Crippen molar-refractivity contribution in [3.63, 3.8) is 0 Å². The van der Waals surface area contributed by atoms with Crippen LogP contribution in [0.4, 0.5) is 0 Å². The van der Waals surface area contributed by atoms with Gasteiger partial charge in [-0.25, -0.2) is 15.0 Å². The zero-order chi connectivity index (χ0) is 14.1. The Morgan fingerprint density at radius 2 is 2.15 bits per heavy atom. The van der Waals surface area contributed by atoms with Gasteiger partial charge in [-0.05, 0) is 6.92 Å². The second-order valence-corrected chi connectivity index (χ2v) is 4.09. The molecular weight excluding hydrogens is 262 g/mol. The molecule has 0 aromatic carbocycles. The Bertz CT molecular complexity index is 804. The normalized spacial score (nSPS) is 11.1. The summed E-state index contributed by atoms with van der Waals surface area (Å²) in [7, 11) is 0. The Hall–Kier alpha value is -2.77. The third-order valence-electron chi connectivity index (χ3n) is 2.87. The summed E-state index contributed by atoms with van der Waals surface area (Å²) in [6.45, 7) is 2.11. The highest BCUT2D eigenvalue weighted by atomic mass is 16.5. The van der Waals surface area contributed by atoms with E-state index in [4.69, 9.17) is 4.74 Å². The highest BCUT2D eigenvalue weighted by Gasteiger charge is 2.14. The van der Waals surface area contributed by atoms with Crippen molar-refractivity contribution >= 4 is 29.1 Å². The first-order valence-electron chi connectivity index (χ1n) is 6.02. The summed E-state index contributed by atoms with van der Waals surface area (Å²) in [5.41, 5.74) is 1.98. The lowest BCUT2D eigenvalue weighted by Crippen LogP contribution is -2.13. The number of fused-ring (bicyclic) bond motifs is 3.